The third-order valence-electron chi connectivity index (χ3n) is 11.0. The van der Waals surface area contributed by atoms with E-state index in [0.717, 1.165) is 103 Å². The van der Waals surface area contributed by atoms with Gasteiger partial charge in [-0.2, -0.15) is 0 Å². The van der Waals surface area contributed by atoms with Gasteiger partial charge in [0.25, 0.3) is 0 Å². The van der Waals surface area contributed by atoms with Gasteiger partial charge in [-0.15, -0.1) is 0 Å². The van der Waals surface area contributed by atoms with Gasteiger partial charge in [-0.3, -0.25) is 14.4 Å². The average Bonchev–Trinajstić information content (AvgIpc) is 3.22. The Morgan fingerprint density at radius 1 is 0.414 bits per heavy atom. The molecule has 0 spiro atoms. The molecule has 0 saturated carbocycles. The fourth-order valence-electron chi connectivity index (χ4n) is 7.07. The quantitative estimate of drug-likeness (QED) is 0.0334. The van der Waals surface area contributed by atoms with Gasteiger partial charge in [0.1, 0.15) is 6.10 Å². The molecule has 342 valence electrons. The second-order valence-electron chi connectivity index (χ2n) is 16.4. The van der Waals surface area contributed by atoms with Gasteiger partial charge in [0.15, 0.2) is 0 Å². The number of esters is 3. The Labute approximate surface area is 356 Å². The maximum Gasteiger partial charge on any atom is 0.508 e. The van der Waals surface area contributed by atoms with Crippen LogP contribution in [0.3, 0.4) is 0 Å². The number of hydrogen-bond donors (Lipinski definition) is 0. The summed E-state index contributed by atoms with van der Waals surface area (Å²) < 4.78 is 27.9. The van der Waals surface area contributed by atoms with Crippen LogP contribution in [0.5, 0.6) is 0 Å². The smallest absolute Gasteiger partial charge is 0.466 e. The summed E-state index contributed by atoms with van der Waals surface area (Å²) in [6.07, 6.45) is 28.2. The summed E-state index contributed by atoms with van der Waals surface area (Å²) in [4.78, 5) is 52.2. The molecular weight excluding hydrogens is 735 g/mol. The Kier molecular flexibility index (Phi) is 41.0. The van der Waals surface area contributed by atoms with Crippen LogP contribution in [0.2, 0.25) is 0 Å². The monoisotopic (exact) mass is 826 g/mol. The molecule has 0 aliphatic carbocycles. The molecule has 0 aromatic carbocycles. The third-order valence-corrected chi connectivity index (χ3v) is 11.0. The van der Waals surface area contributed by atoms with Gasteiger partial charge in [-0.05, 0) is 70.9 Å². The van der Waals surface area contributed by atoms with E-state index in [2.05, 4.69) is 39.5 Å². The molecule has 0 N–H and O–H groups in total. The number of rotatable bonds is 43. The van der Waals surface area contributed by atoms with Gasteiger partial charge in [-0.1, -0.05) is 150 Å². The maximum atomic E-state index is 12.6. The molecule has 0 aromatic heterocycles. The lowest BCUT2D eigenvalue weighted by Gasteiger charge is -2.19. The van der Waals surface area contributed by atoms with Crippen LogP contribution in [0, 0.1) is 5.92 Å². The summed E-state index contributed by atoms with van der Waals surface area (Å²) in [7, 11) is 0. The highest BCUT2D eigenvalue weighted by Crippen LogP contribution is 2.18. The van der Waals surface area contributed by atoms with Crippen LogP contribution in [-0.4, -0.2) is 81.1 Å². The van der Waals surface area contributed by atoms with E-state index in [4.69, 9.17) is 23.7 Å². The van der Waals surface area contributed by atoms with Crippen molar-refractivity contribution < 1.29 is 42.9 Å². The van der Waals surface area contributed by atoms with Crippen LogP contribution in [0.15, 0.2) is 0 Å². The fourth-order valence-corrected chi connectivity index (χ4v) is 7.07. The molecule has 1 atom stereocenters. The molecule has 0 aromatic rings. The van der Waals surface area contributed by atoms with Crippen molar-refractivity contribution in [1.29, 1.82) is 0 Å². The van der Waals surface area contributed by atoms with Crippen LogP contribution in [0.25, 0.3) is 0 Å². The highest BCUT2D eigenvalue weighted by atomic mass is 16.7. The van der Waals surface area contributed by atoms with Gasteiger partial charge < -0.3 is 28.6 Å². The second-order valence-corrected chi connectivity index (χ2v) is 16.4. The van der Waals surface area contributed by atoms with Crippen LogP contribution in [0.1, 0.15) is 227 Å². The Hall–Kier alpha value is -2.36. The van der Waals surface area contributed by atoms with Crippen molar-refractivity contribution in [2.75, 3.05) is 46.1 Å². The minimum Gasteiger partial charge on any atom is -0.466 e. The number of nitrogens with zero attached hydrogens (tertiary/aromatic N) is 1. The fraction of sp³-hybridized carbons (Fsp3) is 0.917. The van der Waals surface area contributed by atoms with E-state index in [9.17, 15) is 19.2 Å². The minimum absolute atomic E-state index is 0.106. The first-order valence-corrected chi connectivity index (χ1v) is 24.3. The van der Waals surface area contributed by atoms with Crippen LogP contribution in [0.4, 0.5) is 4.79 Å². The molecule has 10 nitrogen and oxygen atoms in total. The molecule has 0 radical (unpaired) electrons. The van der Waals surface area contributed by atoms with E-state index >= 15 is 0 Å². The predicted octanol–water partition coefficient (Wildman–Crippen LogP) is 12.9. The molecule has 0 aliphatic rings. The molecule has 0 fully saturated rings. The molecule has 0 amide bonds. The highest BCUT2D eigenvalue weighted by Gasteiger charge is 2.18. The second kappa shape index (κ2) is 42.8. The van der Waals surface area contributed by atoms with E-state index in [1.54, 1.807) is 0 Å². The summed E-state index contributed by atoms with van der Waals surface area (Å²) in [6.45, 7) is 14.7. The van der Waals surface area contributed by atoms with E-state index in [1.165, 1.54) is 64.2 Å². The number of ether oxygens (including phenoxy) is 5. The Bertz CT molecular complexity index is 927. The number of carbonyl (C=O) groups excluding carboxylic acids is 4. The summed E-state index contributed by atoms with van der Waals surface area (Å²) in [5.41, 5.74) is 0. The van der Waals surface area contributed by atoms with E-state index in [-0.39, 0.29) is 49.8 Å². The van der Waals surface area contributed by atoms with Gasteiger partial charge in [0.2, 0.25) is 0 Å². The minimum atomic E-state index is -0.610. The topological polar surface area (TPSA) is 118 Å². The Morgan fingerprint density at radius 2 is 0.810 bits per heavy atom. The first kappa shape index (κ1) is 55.6. The number of unbranched alkanes of at least 4 members (excludes halogenated alkanes) is 18. The summed E-state index contributed by atoms with van der Waals surface area (Å²) in [5.74, 6) is -0.761. The van der Waals surface area contributed by atoms with E-state index < -0.39 is 6.16 Å². The first-order valence-electron chi connectivity index (χ1n) is 24.3. The molecule has 0 aliphatic heterocycles. The molecule has 58 heavy (non-hydrogen) atoms. The number of carbonyl (C=O) groups is 4. The lowest BCUT2D eigenvalue weighted by atomic mass is 10.0. The molecule has 0 rings (SSSR count). The Morgan fingerprint density at radius 3 is 1.31 bits per heavy atom. The van der Waals surface area contributed by atoms with E-state index in [0.29, 0.717) is 51.6 Å². The predicted molar refractivity (Wildman–Crippen MR) is 236 cm³/mol. The zero-order chi connectivity index (χ0) is 42.7. The average molecular weight is 826 g/mol. The van der Waals surface area contributed by atoms with Crippen LogP contribution >= 0.6 is 0 Å². The van der Waals surface area contributed by atoms with Gasteiger partial charge >= 0.3 is 24.1 Å². The normalized spacial score (nSPS) is 11.8. The van der Waals surface area contributed by atoms with Crippen molar-refractivity contribution in [2.45, 2.75) is 233 Å². The van der Waals surface area contributed by atoms with Gasteiger partial charge in [-0.25, -0.2) is 4.79 Å². The lowest BCUT2D eigenvalue weighted by Crippen LogP contribution is -2.26. The standard InChI is InChI=1S/C48H91NO9/c1-6-11-14-17-18-19-20-21-24-25-33-44(58-48(53)55-40-31-38-49(9-4)10-5)34-30-39-54-45(50)37-29-28-32-43(41-56-46(51)35-26-22-15-12-7-2)42-57-47(52)36-27-23-16-13-8-3/h43-44H,6-42H2,1-5H3. The largest absolute Gasteiger partial charge is 0.508 e. The van der Waals surface area contributed by atoms with Crippen LogP contribution < -0.4 is 0 Å². The van der Waals surface area contributed by atoms with Crippen molar-refractivity contribution in [1.82, 2.24) is 4.90 Å². The van der Waals surface area contributed by atoms with Crippen molar-refractivity contribution in [3.63, 3.8) is 0 Å². The van der Waals surface area contributed by atoms with Gasteiger partial charge in [0, 0.05) is 31.7 Å². The van der Waals surface area contributed by atoms with Gasteiger partial charge in [0.05, 0.1) is 26.4 Å². The third kappa shape index (κ3) is 37.9. The lowest BCUT2D eigenvalue weighted by molar-refractivity contribution is -0.149. The maximum absolute atomic E-state index is 12.6. The highest BCUT2D eigenvalue weighted by molar-refractivity contribution is 5.70. The molecular formula is C48H91NO9. The molecule has 10 heteroatoms. The van der Waals surface area contributed by atoms with E-state index in [1.807, 2.05) is 0 Å². The molecule has 0 saturated heterocycles. The summed E-state index contributed by atoms with van der Waals surface area (Å²) in [5, 5.41) is 0. The first-order chi connectivity index (χ1) is 28.3. The van der Waals surface area contributed by atoms with Crippen molar-refractivity contribution in [3.8, 4) is 0 Å². The van der Waals surface area contributed by atoms with Crippen molar-refractivity contribution in [3.05, 3.63) is 0 Å². The zero-order valence-corrected chi connectivity index (χ0v) is 38.4. The van der Waals surface area contributed by atoms with Crippen molar-refractivity contribution in [2.24, 2.45) is 5.92 Å². The van der Waals surface area contributed by atoms with Crippen LogP contribution in [-0.2, 0) is 38.1 Å². The number of hydrogen-bond acceptors (Lipinski definition) is 10. The SMILES string of the molecule is CCCCCCCCCCCCC(CCCOC(=O)CCCCC(COC(=O)CCCCCCC)COC(=O)CCCCCCC)OC(=O)OCCCN(CC)CC. The molecule has 1 unspecified atom stereocenters. The zero-order valence-electron chi connectivity index (χ0n) is 38.4. The Balaban J connectivity index is 4.72. The molecule has 0 bridgehead atoms. The summed E-state index contributed by atoms with van der Waals surface area (Å²) in [6, 6.07) is 0. The molecule has 0 heterocycles. The summed E-state index contributed by atoms with van der Waals surface area (Å²) >= 11 is 0. The van der Waals surface area contributed by atoms with Crippen molar-refractivity contribution >= 4 is 24.1 Å².